The number of anilines is 1. The van der Waals surface area contributed by atoms with Crippen LogP contribution in [0.15, 0.2) is 54.6 Å². The molecule has 0 bridgehead atoms. The van der Waals surface area contributed by atoms with Gasteiger partial charge in [0.2, 0.25) is 10.0 Å². The molecule has 5 nitrogen and oxygen atoms in total. The van der Waals surface area contributed by atoms with E-state index in [1.54, 1.807) is 38.1 Å². The van der Waals surface area contributed by atoms with Crippen LogP contribution in [0.1, 0.15) is 56.1 Å². The fourth-order valence-corrected chi connectivity index (χ4v) is 4.30. The van der Waals surface area contributed by atoms with E-state index >= 15 is 0 Å². The minimum atomic E-state index is -3.33. The summed E-state index contributed by atoms with van der Waals surface area (Å²) in [6, 6.07) is 16.6. The molecule has 0 aliphatic heterocycles. The van der Waals surface area contributed by atoms with Crippen molar-refractivity contribution in [3.05, 3.63) is 65.7 Å². The highest BCUT2D eigenvalue weighted by Crippen LogP contribution is 2.23. The Hall–Kier alpha value is -2.34. The fraction of sp³-hybridized carbons (Fsp3) is 0.409. The van der Waals surface area contributed by atoms with Crippen molar-refractivity contribution in [3.63, 3.8) is 0 Å². The van der Waals surface area contributed by atoms with E-state index in [0.717, 1.165) is 12.0 Å². The van der Waals surface area contributed by atoms with Gasteiger partial charge in [0.25, 0.3) is 5.91 Å². The van der Waals surface area contributed by atoms with Gasteiger partial charge in [-0.2, -0.15) is 0 Å². The first-order valence-corrected chi connectivity index (χ1v) is 11.4. The molecule has 28 heavy (non-hydrogen) atoms. The molecular weight excluding hydrogens is 372 g/mol. The Bertz CT molecular complexity index is 862. The van der Waals surface area contributed by atoms with Crippen LogP contribution in [-0.2, 0) is 10.0 Å². The lowest BCUT2D eigenvalue weighted by atomic mass is 9.96. The zero-order chi connectivity index (χ0) is 20.7. The number of benzene rings is 2. The van der Waals surface area contributed by atoms with Crippen molar-refractivity contribution in [3.8, 4) is 0 Å². The fourth-order valence-electron chi connectivity index (χ4n) is 3.15. The smallest absolute Gasteiger partial charge is 0.251 e. The summed E-state index contributed by atoms with van der Waals surface area (Å²) in [4.78, 5) is 12.8. The van der Waals surface area contributed by atoms with Gasteiger partial charge in [-0.05, 0) is 56.0 Å². The van der Waals surface area contributed by atoms with E-state index in [1.807, 2.05) is 30.3 Å². The van der Waals surface area contributed by atoms with Crippen LogP contribution in [0.5, 0.6) is 0 Å². The van der Waals surface area contributed by atoms with Crippen molar-refractivity contribution in [1.29, 1.82) is 0 Å². The van der Waals surface area contributed by atoms with E-state index in [4.69, 9.17) is 0 Å². The summed E-state index contributed by atoms with van der Waals surface area (Å²) in [6.45, 7) is 8.03. The van der Waals surface area contributed by atoms with Gasteiger partial charge in [0.15, 0.2) is 0 Å². The number of carbonyl (C=O) groups excluding carboxylic acids is 1. The second-order valence-electron chi connectivity index (χ2n) is 7.18. The van der Waals surface area contributed by atoms with E-state index in [2.05, 4.69) is 19.2 Å². The molecule has 0 aromatic heterocycles. The zero-order valence-electron chi connectivity index (χ0n) is 17.1. The maximum atomic E-state index is 12.8. The Morgan fingerprint density at radius 1 is 1.00 bits per heavy atom. The molecule has 0 unspecified atom stereocenters. The standard InChI is InChI=1S/C22H30N2O3S/c1-5-24(28(26,27)6-2)20-14-12-19(13-15-20)22(25)23-21(16-17(3)4)18-10-8-7-9-11-18/h7-15,17,21H,5-6,16H2,1-4H3,(H,23,25)/t21-/m0/s1. The van der Waals surface area contributed by atoms with Crippen molar-refractivity contribution < 1.29 is 13.2 Å². The Balaban J connectivity index is 2.19. The molecule has 0 heterocycles. The second kappa shape index (κ2) is 9.73. The van der Waals surface area contributed by atoms with Gasteiger partial charge in [0.1, 0.15) is 0 Å². The molecule has 0 aliphatic rings. The van der Waals surface area contributed by atoms with Crippen LogP contribution in [0.25, 0.3) is 0 Å². The molecule has 0 fully saturated rings. The lowest BCUT2D eigenvalue weighted by Gasteiger charge is -2.23. The molecule has 6 heteroatoms. The van der Waals surface area contributed by atoms with E-state index in [9.17, 15) is 13.2 Å². The van der Waals surface area contributed by atoms with Crippen molar-refractivity contribution in [2.75, 3.05) is 16.6 Å². The van der Waals surface area contributed by atoms with Crippen molar-refractivity contribution in [1.82, 2.24) is 5.32 Å². The van der Waals surface area contributed by atoms with Crippen molar-refractivity contribution >= 4 is 21.6 Å². The van der Waals surface area contributed by atoms with Gasteiger partial charge in [-0.25, -0.2) is 8.42 Å². The van der Waals surface area contributed by atoms with Crippen molar-refractivity contribution in [2.45, 2.75) is 40.2 Å². The van der Waals surface area contributed by atoms with Gasteiger partial charge < -0.3 is 5.32 Å². The molecule has 1 amide bonds. The first kappa shape index (κ1) is 22.0. The Kier molecular flexibility index (Phi) is 7.63. The summed E-state index contributed by atoms with van der Waals surface area (Å²) in [5, 5.41) is 3.11. The van der Waals surface area contributed by atoms with Gasteiger partial charge in [-0.1, -0.05) is 44.2 Å². The summed E-state index contributed by atoms with van der Waals surface area (Å²) in [5.41, 5.74) is 2.16. The molecule has 0 radical (unpaired) electrons. The minimum Gasteiger partial charge on any atom is -0.345 e. The lowest BCUT2D eigenvalue weighted by molar-refractivity contribution is 0.0932. The topological polar surface area (TPSA) is 66.5 Å². The number of nitrogens with one attached hydrogen (secondary N) is 1. The Labute approximate surface area is 168 Å². The highest BCUT2D eigenvalue weighted by molar-refractivity contribution is 7.92. The number of amides is 1. The molecule has 1 N–H and O–H groups in total. The van der Waals surface area contributed by atoms with Gasteiger partial charge in [-0.3, -0.25) is 9.10 Å². The van der Waals surface area contributed by atoms with Crippen LogP contribution >= 0.6 is 0 Å². The van der Waals surface area contributed by atoms with Crippen LogP contribution in [0.4, 0.5) is 5.69 Å². The first-order valence-electron chi connectivity index (χ1n) is 9.74. The Morgan fingerprint density at radius 3 is 2.11 bits per heavy atom. The first-order chi connectivity index (χ1) is 13.3. The number of hydrogen-bond donors (Lipinski definition) is 1. The number of hydrogen-bond acceptors (Lipinski definition) is 3. The quantitative estimate of drug-likeness (QED) is 0.677. The third-order valence-electron chi connectivity index (χ3n) is 4.62. The summed E-state index contributed by atoms with van der Waals surface area (Å²) >= 11 is 0. The van der Waals surface area contributed by atoms with Crippen LogP contribution in [0.2, 0.25) is 0 Å². The third-order valence-corrected chi connectivity index (χ3v) is 6.49. The molecule has 0 saturated heterocycles. The third kappa shape index (κ3) is 5.58. The molecule has 2 aromatic carbocycles. The molecular formula is C22H30N2O3S. The largest absolute Gasteiger partial charge is 0.345 e. The highest BCUT2D eigenvalue weighted by atomic mass is 32.2. The molecule has 0 aliphatic carbocycles. The second-order valence-corrected chi connectivity index (χ2v) is 9.36. The SMILES string of the molecule is CCN(c1ccc(C(=O)N[C@@H](CC(C)C)c2ccccc2)cc1)S(=O)(=O)CC. The Morgan fingerprint density at radius 2 is 1.61 bits per heavy atom. The number of carbonyl (C=O) groups is 1. The maximum absolute atomic E-state index is 12.8. The normalized spacial score (nSPS) is 12.6. The van der Waals surface area contributed by atoms with Crippen LogP contribution in [0.3, 0.4) is 0 Å². The number of rotatable bonds is 9. The molecule has 0 saturated carbocycles. The van der Waals surface area contributed by atoms with E-state index in [0.29, 0.717) is 23.7 Å². The summed E-state index contributed by atoms with van der Waals surface area (Å²) in [6.07, 6.45) is 0.839. The average molecular weight is 403 g/mol. The minimum absolute atomic E-state index is 0.0387. The van der Waals surface area contributed by atoms with E-state index < -0.39 is 10.0 Å². The predicted octanol–water partition coefficient (Wildman–Crippen LogP) is 4.38. The lowest BCUT2D eigenvalue weighted by Crippen LogP contribution is -2.32. The van der Waals surface area contributed by atoms with Crippen molar-refractivity contribution in [2.24, 2.45) is 5.92 Å². The van der Waals surface area contributed by atoms with Crippen LogP contribution < -0.4 is 9.62 Å². The molecule has 1 atom stereocenters. The summed E-state index contributed by atoms with van der Waals surface area (Å²) in [5.74, 6) is 0.310. The summed E-state index contributed by atoms with van der Waals surface area (Å²) < 4.78 is 25.8. The number of nitrogens with zero attached hydrogens (tertiary/aromatic N) is 1. The van der Waals surface area contributed by atoms with Gasteiger partial charge >= 0.3 is 0 Å². The highest BCUT2D eigenvalue weighted by Gasteiger charge is 2.20. The number of sulfonamides is 1. The van der Waals surface area contributed by atoms with Crippen LogP contribution in [-0.4, -0.2) is 26.6 Å². The predicted molar refractivity (Wildman–Crippen MR) is 115 cm³/mol. The average Bonchev–Trinajstić information content (AvgIpc) is 2.68. The van der Waals surface area contributed by atoms with Gasteiger partial charge in [-0.15, -0.1) is 0 Å². The maximum Gasteiger partial charge on any atom is 0.251 e. The zero-order valence-corrected chi connectivity index (χ0v) is 17.9. The molecule has 2 rings (SSSR count). The molecule has 2 aromatic rings. The van der Waals surface area contributed by atoms with E-state index in [1.165, 1.54) is 4.31 Å². The molecule has 152 valence electrons. The van der Waals surface area contributed by atoms with Gasteiger partial charge in [0.05, 0.1) is 17.5 Å². The summed E-state index contributed by atoms with van der Waals surface area (Å²) in [7, 11) is -3.33. The van der Waals surface area contributed by atoms with E-state index in [-0.39, 0.29) is 17.7 Å². The molecule has 0 spiro atoms. The monoisotopic (exact) mass is 402 g/mol. The van der Waals surface area contributed by atoms with Gasteiger partial charge in [0, 0.05) is 12.1 Å². The van der Waals surface area contributed by atoms with Crippen LogP contribution in [0, 0.1) is 5.92 Å².